The molecule has 1 atom stereocenters. The molecule has 4 rings (SSSR count). The lowest BCUT2D eigenvalue weighted by Crippen LogP contribution is -2.40. The first-order valence-electron chi connectivity index (χ1n) is 13.6. The maximum absolute atomic E-state index is 13.9. The highest BCUT2D eigenvalue weighted by atomic mass is 32.1. The van der Waals surface area contributed by atoms with E-state index in [1.54, 1.807) is 48.5 Å². The third-order valence-electron chi connectivity index (χ3n) is 7.14. The number of aliphatic hydroxyl groups is 1. The van der Waals surface area contributed by atoms with Gasteiger partial charge in [0.25, 0.3) is 0 Å². The van der Waals surface area contributed by atoms with E-state index in [0.29, 0.717) is 11.5 Å². The molecule has 40 heavy (non-hydrogen) atoms. The van der Waals surface area contributed by atoms with Crippen LogP contribution in [0.1, 0.15) is 52.3 Å². The summed E-state index contributed by atoms with van der Waals surface area (Å²) in [6, 6.07) is 21.3. The number of carbonyl (C=O) groups excluding carboxylic acids is 2. The van der Waals surface area contributed by atoms with E-state index in [-0.39, 0.29) is 16.7 Å². The van der Waals surface area contributed by atoms with Gasteiger partial charge >= 0.3 is 11.9 Å². The Bertz CT molecular complexity index is 1270. The number of thiophene rings is 1. The van der Waals surface area contributed by atoms with Gasteiger partial charge in [0, 0.05) is 16.7 Å². The van der Waals surface area contributed by atoms with Gasteiger partial charge in [0.2, 0.25) is 0 Å². The highest BCUT2D eigenvalue weighted by Gasteiger charge is 2.46. The molecule has 1 aliphatic rings. The second kappa shape index (κ2) is 11.9. The lowest BCUT2D eigenvalue weighted by atomic mass is 9.66. The molecule has 6 heteroatoms. The van der Waals surface area contributed by atoms with Crippen LogP contribution in [0.4, 0.5) is 0 Å². The zero-order valence-electron chi connectivity index (χ0n) is 24.0. The summed E-state index contributed by atoms with van der Waals surface area (Å²) in [6.45, 7) is 12.4. The van der Waals surface area contributed by atoms with Crippen LogP contribution in [-0.4, -0.2) is 23.1 Å². The minimum absolute atomic E-state index is 0.340. The Kier molecular flexibility index (Phi) is 8.81. The van der Waals surface area contributed by atoms with Gasteiger partial charge < -0.3 is 14.6 Å². The molecule has 1 N–H and O–H groups in total. The zero-order valence-corrected chi connectivity index (χ0v) is 24.8. The van der Waals surface area contributed by atoms with Gasteiger partial charge in [-0.15, -0.1) is 11.3 Å². The summed E-state index contributed by atoms with van der Waals surface area (Å²) in [7, 11) is 0. The van der Waals surface area contributed by atoms with Crippen molar-refractivity contribution in [2.45, 2.75) is 53.6 Å². The summed E-state index contributed by atoms with van der Waals surface area (Å²) in [5.41, 5.74) is 1.04. The van der Waals surface area contributed by atoms with Crippen LogP contribution in [0.15, 0.2) is 101 Å². The molecule has 2 aromatic carbocycles. The van der Waals surface area contributed by atoms with Gasteiger partial charge in [0.05, 0.1) is 6.10 Å². The van der Waals surface area contributed by atoms with Gasteiger partial charge in [0.1, 0.15) is 11.5 Å². The van der Waals surface area contributed by atoms with E-state index < -0.39 is 29.9 Å². The molecule has 0 spiro atoms. The van der Waals surface area contributed by atoms with Crippen LogP contribution in [0, 0.1) is 22.7 Å². The highest BCUT2D eigenvalue weighted by molar-refractivity contribution is 7.10. The van der Waals surface area contributed by atoms with Crippen LogP contribution in [-0.2, 0) is 9.59 Å². The van der Waals surface area contributed by atoms with Gasteiger partial charge in [-0.25, -0.2) is 0 Å². The monoisotopic (exact) mass is 558 g/mol. The largest absolute Gasteiger partial charge is 0.426 e. The van der Waals surface area contributed by atoms with E-state index in [0.717, 1.165) is 16.0 Å². The number of benzene rings is 2. The minimum atomic E-state index is -1.27. The SMILES string of the molecule is CC(C)(C)C1=CC([C@@H](c2cccs2)C(C(=O)Oc2ccccc2)C(=O)Oc2ccccc2)C=C(C(C)(C)C)C1O. The average Bonchev–Trinajstić information content (AvgIpc) is 3.41. The van der Waals surface area contributed by atoms with E-state index >= 15 is 0 Å². The van der Waals surface area contributed by atoms with Gasteiger partial charge in [0.15, 0.2) is 5.92 Å². The Labute approximate surface area is 241 Å². The Morgan fingerprint density at radius 1 is 0.725 bits per heavy atom. The third-order valence-corrected chi connectivity index (χ3v) is 8.12. The highest BCUT2D eigenvalue weighted by Crippen LogP contribution is 2.47. The van der Waals surface area contributed by atoms with Crippen LogP contribution >= 0.6 is 11.3 Å². The molecule has 0 aliphatic heterocycles. The average molecular weight is 559 g/mol. The number of esters is 2. The van der Waals surface area contributed by atoms with Gasteiger partial charge in [-0.2, -0.15) is 0 Å². The molecule has 0 amide bonds. The molecule has 0 fully saturated rings. The second-order valence-corrected chi connectivity index (χ2v) is 13.2. The van der Waals surface area contributed by atoms with Crippen molar-refractivity contribution in [2.24, 2.45) is 22.7 Å². The van der Waals surface area contributed by atoms with Crippen molar-refractivity contribution in [1.82, 2.24) is 0 Å². The van der Waals surface area contributed by atoms with Crippen molar-refractivity contribution < 1.29 is 24.2 Å². The summed E-state index contributed by atoms with van der Waals surface area (Å²) in [4.78, 5) is 28.7. The number of ether oxygens (including phenoxy) is 2. The molecular formula is C34H38O5S. The molecule has 1 aromatic heterocycles. The Balaban J connectivity index is 1.87. The Morgan fingerprint density at radius 3 is 1.55 bits per heavy atom. The summed E-state index contributed by atoms with van der Waals surface area (Å²) < 4.78 is 11.6. The fraction of sp³-hybridized carbons (Fsp3) is 0.353. The van der Waals surface area contributed by atoms with E-state index in [4.69, 9.17) is 9.47 Å². The van der Waals surface area contributed by atoms with Crippen molar-refractivity contribution in [3.63, 3.8) is 0 Å². The normalized spacial score (nSPS) is 18.5. The lowest BCUT2D eigenvalue weighted by Gasteiger charge is -2.40. The fourth-order valence-electron chi connectivity index (χ4n) is 5.12. The van der Waals surface area contributed by atoms with Crippen LogP contribution in [0.5, 0.6) is 11.5 Å². The van der Waals surface area contributed by atoms with Crippen molar-refractivity contribution >= 4 is 23.3 Å². The first kappa shape index (κ1) is 29.5. The third kappa shape index (κ3) is 6.80. The molecule has 0 unspecified atom stereocenters. The van der Waals surface area contributed by atoms with Crippen molar-refractivity contribution in [1.29, 1.82) is 0 Å². The molecule has 0 radical (unpaired) electrons. The molecule has 0 bridgehead atoms. The van der Waals surface area contributed by atoms with Gasteiger partial charge in [-0.05, 0) is 57.7 Å². The van der Waals surface area contributed by atoms with Crippen molar-refractivity contribution in [2.75, 3.05) is 0 Å². The molecule has 0 saturated heterocycles. The number of aliphatic hydroxyl groups excluding tert-OH is 1. The number of carbonyl (C=O) groups is 2. The molecule has 210 valence electrons. The number of rotatable bonds is 7. The van der Waals surface area contributed by atoms with Crippen LogP contribution < -0.4 is 9.47 Å². The smallest absolute Gasteiger partial charge is 0.326 e. The Hall–Kier alpha value is -3.48. The standard InChI is InChI=1S/C34H38O5S/c1-33(2,3)25-20-22(21-26(30(25)35)34(4,5)6)28(27-18-13-19-40-27)29(31(36)38-23-14-9-7-10-15-23)32(37)39-24-16-11-8-12-17-24/h7-22,28-30,35H,1-6H3/t22?,28-,30?/m0/s1. The van der Waals surface area contributed by atoms with Crippen molar-refractivity contribution in [3.05, 3.63) is 106 Å². The number of hydrogen-bond acceptors (Lipinski definition) is 6. The minimum Gasteiger partial charge on any atom is -0.426 e. The first-order chi connectivity index (χ1) is 18.9. The first-order valence-corrected chi connectivity index (χ1v) is 14.4. The molecule has 5 nitrogen and oxygen atoms in total. The van der Waals surface area contributed by atoms with E-state index in [1.807, 2.05) is 41.8 Å². The number of para-hydroxylation sites is 2. The molecule has 1 heterocycles. The summed E-state index contributed by atoms with van der Waals surface area (Å²) in [5.74, 6) is -2.93. The molecule has 3 aromatic rings. The molecule has 0 saturated carbocycles. The summed E-state index contributed by atoms with van der Waals surface area (Å²) in [5, 5.41) is 13.4. The quantitative estimate of drug-likeness (QED) is 0.140. The molecule has 1 aliphatic carbocycles. The van der Waals surface area contributed by atoms with E-state index in [1.165, 1.54) is 11.3 Å². The maximum Gasteiger partial charge on any atom is 0.326 e. The molecular weight excluding hydrogens is 520 g/mol. The maximum atomic E-state index is 13.9. The fourth-order valence-corrected chi connectivity index (χ4v) is 6.04. The van der Waals surface area contributed by atoms with Gasteiger partial charge in [-0.1, -0.05) is 96.2 Å². The zero-order chi connectivity index (χ0) is 29.1. The van der Waals surface area contributed by atoms with Crippen LogP contribution in [0.3, 0.4) is 0 Å². The second-order valence-electron chi connectivity index (χ2n) is 12.2. The summed E-state index contributed by atoms with van der Waals surface area (Å²) in [6.07, 6.45) is 3.30. The topological polar surface area (TPSA) is 72.8 Å². The number of allylic oxidation sites excluding steroid dienone is 2. The van der Waals surface area contributed by atoms with Gasteiger partial charge in [-0.3, -0.25) is 9.59 Å². The van der Waals surface area contributed by atoms with Crippen LogP contribution in [0.2, 0.25) is 0 Å². The lowest BCUT2D eigenvalue weighted by molar-refractivity contribution is -0.152. The Morgan fingerprint density at radius 2 is 1.18 bits per heavy atom. The van der Waals surface area contributed by atoms with Crippen LogP contribution in [0.25, 0.3) is 0 Å². The summed E-state index contributed by atoms with van der Waals surface area (Å²) >= 11 is 1.48. The van der Waals surface area contributed by atoms with E-state index in [9.17, 15) is 14.7 Å². The number of hydrogen-bond donors (Lipinski definition) is 1. The van der Waals surface area contributed by atoms with E-state index in [2.05, 4.69) is 41.5 Å². The van der Waals surface area contributed by atoms with Crippen molar-refractivity contribution in [3.8, 4) is 11.5 Å². The predicted octanol–water partition coefficient (Wildman–Crippen LogP) is 7.59. The predicted molar refractivity (Wildman–Crippen MR) is 159 cm³/mol.